The van der Waals surface area contributed by atoms with Gasteiger partial charge in [-0.25, -0.2) is 4.79 Å². The topological polar surface area (TPSA) is 79.8 Å². The van der Waals surface area contributed by atoms with E-state index in [9.17, 15) is 9.90 Å². The SMILES string of the molecule is CC(C)(C)OC(=O)NCc1cccc(Oc2cc(O)ccc2NCc2ccc(-c3ccccc3)cc2)c1. The summed E-state index contributed by atoms with van der Waals surface area (Å²) in [5.74, 6) is 1.19. The molecule has 6 nitrogen and oxygen atoms in total. The summed E-state index contributed by atoms with van der Waals surface area (Å²) in [4.78, 5) is 12.0. The minimum Gasteiger partial charge on any atom is -0.508 e. The lowest BCUT2D eigenvalue weighted by Crippen LogP contribution is -2.32. The fraction of sp³-hybridized carbons (Fsp3) is 0.194. The van der Waals surface area contributed by atoms with Crippen LogP contribution in [0.25, 0.3) is 11.1 Å². The van der Waals surface area contributed by atoms with E-state index in [0.29, 0.717) is 24.6 Å². The number of carbonyl (C=O) groups is 1. The number of aromatic hydroxyl groups is 1. The van der Waals surface area contributed by atoms with Crippen LogP contribution >= 0.6 is 0 Å². The lowest BCUT2D eigenvalue weighted by atomic mass is 10.0. The van der Waals surface area contributed by atoms with Crippen molar-refractivity contribution in [3.05, 3.63) is 108 Å². The third kappa shape index (κ3) is 7.77. The molecule has 0 bridgehead atoms. The molecule has 4 rings (SSSR count). The molecular weight excluding hydrogens is 464 g/mol. The fourth-order valence-electron chi connectivity index (χ4n) is 3.72. The first-order chi connectivity index (χ1) is 17.7. The highest BCUT2D eigenvalue weighted by atomic mass is 16.6. The van der Waals surface area contributed by atoms with Crippen LogP contribution in [-0.4, -0.2) is 16.8 Å². The van der Waals surface area contributed by atoms with Crippen LogP contribution in [0.1, 0.15) is 31.9 Å². The third-order valence-electron chi connectivity index (χ3n) is 5.47. The molecule has 4 aromatic rings. The molecule has 4 aromatic carbocycles. The van der Waals surface area contributed by atoms with Gasteiger partial charge in [0.25, 0.3) is 0 Å². The smallest absolute Gasteiger partial charge is 0.407 e. The molecule has 3 N–H and O–H groups in total. The molecule has 0 aliphatic rings. The van der Waals surface area contributed by atoms with E-state index in [1.165, 1.54) is 11.1 Å². The zero-order chi connectivity index (χ0) is 26.3. The highest BCUT2D eigenvalue weighted by Gasteiger charge is 2.16. The van der Waals surface area contributed by atoms with Crippen molar-refractivity contribution in [2.45, 2.75) is 39.5 Å². The lowest BCUT2D eigenvalue weighted by molar-refractivity contribution is 0.0523. The summed E-state index contributed by atoms with van der Waals surface area (Å²) in [6.07, 6.45) is -0.477. The number of hydrogen-bond acceptors (Lipinski definition) is 5. The van der Waals surface area contributed by atoms with Crippen molar-refractivity contribution < 1.29 is 19.4 Å². The maximum atomic E-state index is 12.0. The predicted octanol–water partition coefficient (Wildman–Crippen LogP) is 7.49. The van der Waals surface area contributed by atoms with E-state index in [0.717, 1.165) is 16.8 Å². The van der Waals surface area contributed by atoms with Crippen molar-refractivity contribution >= 4 is 11.8 Å². The standard InChI is InChI=1S/C31H32N2O4/c1-31(2,3)37-30(35)33-21-23-8-7-11-27(18-23)36-29-19-26(34)16-17-28(29)32-20-22-12-14-25(15-13-22)24-9-5-4-6-10-24/h4-19,32,34H,20-21H2,1-3H3,(H,33,35). The molecule has 0 saturated carbocycles. The molecule has 0 fully saturated rings. The van der Waals surface area contributed by atoms with Crippen LogP contribution in [0.4, 0.5) is 10.5 Å². The number of carbonyl (C=O) groups excluding carboxylic acids is 1. The number of phenolic OH excluding ortho intramolecular Hbond substituents is 1. The Morgan fingerprint density at radius 3 is 2.24 bits per heavy atom. The normalized spacial score (nSPS) is 11.0. The highest BCUT2D eigenvalue weighted by Crippen LogP contribution is 2.33. The van der Waals surface area contributed by atoms with Crippen molar-refractivity contribution in [2.24, 2.45) is 0 Å². The molecular formula is C31H32N2O4. The summed E-state index contributed by atoms with van der Waals surface area (Å²) in [5.41, 5.74) is 4.52. The molecule has 37 heavy (non-hydrogen) atoms. The predicted molar refractivity (Wildman–Crippen MR) is 147 cm³/mol. The molecule has 0 radical (unpaired) electrons. The quantitative estimate of drug-likeness (QED) is 0.220. The Kier molecular flexibility index (Phi) is 7.98. The van der Waals surface area contributed by atoms with Gasteiger partial charge in [0, 0.05) is 19.2 Å². The number of amides is 1. The fourth-order valence-corrected chi connectivity index (χ4v) is 3.72. The second-order valence-electron chi connectivity index (χ2n) is 9.70. The zero-order valence-electron chi connectivity index (χ0n) is 21.3. The summed E-state index contributed by atoms with van der Waals surface area (Å²) < 4.78 is 11.4. The van der Waals surface area contributed by atoms with Gasteiger partial charge in [-0.05, 0) is 67.3 Å². The Morgan fingerprint density at radius 2 is 1.51 bits per heavy atom. The maximum Gasteiger partial charge on any atom is 0.407 e. The second-order valence-corrected chi connectivity index (χ2v) is 9.70. The van der Waals surface area contributed by atoms with Crippen LogP contribution in [0.15, 0.2) is 97.1 Å². The summed E-state index contributed by atoms with van der Waals surface area (Å²) in [5, 5.41) is 16.2. The van der Waals surface area contributed by atoms with Gasteiger partial charge in [-0.3, -0.25) is 0 Å². The van der Waals surface area contributed by atoms with Gasteiger partial charge in [-0.1, -0.05) is 66.7 Å². The summed E-state index contributed by atoms with van der Waals surface area (Å²) in [6.45, 7) is 6.36. The Morgan fingerprint density at radius 1 is 0.784 bits per heavy atom. The number of nitrogens with one attached hydrogen (secondary N) is 2. The van der Waals surface area contributed by atoms with Crippen LogP contribution in [0.3, 0.4) is 0 Å². The number of ether oxygens (including phenoxy) is 2. The van der Waals surface area contributed by atoms with Crippen molar-refractivity contribution in [1.29, 1.82) is 0 Å². The van der Waals surface area contributed by atoms with Gasteiger partial charge in [0.15, 0.2) is 5.75 Å². The first kappa shape index (κ1) is 25.6. The molecule has 0 spiro atoms. The van der Waals surface area contributed by atoms with Crippen LogP contribution in [0, 0.1) is 0 Å². The van der Waals surface area contributed by atoms with E-state index in [1.54, 1.807) is 18.2 Å². The van der Waals surface area contributed by atoms with Crippen LogP contribution < -0.4 is 15.4 Å². The maximum absolute atomic E-state index is 12.0. The first-order valence-corrected chi connectivity index (χ1v) is 12.2. The average molecular weight is 497 g/mol. The number of anilines is 1. The monoisotopic (exact) mass is 496 g/mol. The molecule has 0 aromatic heterocycles. The summed E-state index contributed by atoms with van der Waals surface area (Å²) in [6, 6.07) is 31.1. The molecule has 6 heteroatoms. The van der Waals surface area contributed by atoms with Crippen molar-refractivity contribution in [3.8, 4) is 28.4 Å². The lowest BCUT2D eigenvalue weighted by Gasteiger charge is -2.19. The molecule has 190 valence electrons. The van der Waals surface area contributed by atoms with Gasteiger partial charge in [0.1, 0.15) is 17.1 Å². The Hall–Kier alpha value is -4.45. The van der Waals surface area contributed by atoms with Gasteiger partial charge in [0.2, 0.25) is 0 Å². The van der Waals surface area contributed by atoms with E-state index in [2.05, 4.69) is 47.0 Å². The van der Waals surface area contributed by atoms with Gasteiger partial charge in [-0.15, -0.1) is 0 Å². The Balaban J connectivity index is 1.40. The van der Waals surface area contributed by atoms with Gasteiger partial charge >= 0.3 is 6.09 Å². The molecule has 0 saturated heterocycles. The van der Waals surface area contributed by atoms with E-state index in [1.807, 2.05) is 63.2 Å². The zero-order valence-corrected chi connectivity index (χ0v) is 21.3. The molecule has 1 amide bonds. The van der Waals surface area contributed by atoms with E-state index in [-0.39, 0.29) is 5.75 Å². The Bertz CT molecular complexity index is 1330. The Labute approximate surface area is 217 Å². The van der Waals surface area contributed by atoms with Crippen molar-refractivity contribution in [2.75, 3.05) is 5.32 Å². The minimum atomic E-state index is -0.558. The third-order valence-corrected chi connectivity index (χ3v) is 5.47. The number of rotatable bonds is 8. The molecule has 0 atom stereocenters. The second kappa shape index (κ2) is 11.5. The number of benzene rings is 4. The van der Waals surface area contributed by atoms with Crippen LogP contribution in [-0.2, 0) is 17.8 Å². The van der Waals surface area contributed by atoms with E-state index in [4.69, 9.17) is 9.47 Å². The molecule has 0 aliphatic heterocycles. The van der Waals surface area contributed by atoms with Gasteiger partial charge in [0.05, 0.1) is 5.69 Å². The number of hydrogen-bond donors (Lipinski definition) is 3. The highest BCUT2D eigenvalue weighted by molar-refractivity contribution is 5.68. The van der Waals surface area contributed by atoms with E-state index < -0.39 is 11.7 Å². The van der Waals surface area contributed by atoms with Crippen LogP contribution in [0.5, 0.6) is 17.2 Å². The van der Waals surface area contributed by atoms with Crippen molar-refractivity contribution in [3.63, 3.8) is 0 Å². The average Bonchev–Trinajstić information content (AvgIpc) is 2.87. The van der Waals surface area contributed by atoms with Crippen LogP contribution in [0.2, 0.25) is 0 Å². The van der Waals surface area contributed by atoms with Crippen molar-refractivity contribution in [1.82, 2.24) is 5.32 Å². The summed E-state index contributed by atoms with van der Waals surface area (Å²) in [7, 11) is 0. The summed E-state index contributed by atoms with van der Waals surface area (Å²) >= 11 is 0. The van der Waals surface area contributed by atoms with Gasteiger partial charge < -0.3 is 25.2 Å². The number of phenols is 1. The first-order valence-electron chi connectivity index (χ1n) is 12.2. The van der Waals surface area contributed by atoms with Gasteiger partial charge in [-0.2, -0.15) is 0 Å². The van der Waals surface area contributed by atoms with E-state index >= 15 is 0 Å². The largest absolute Gasteiger partial charge is 0.508 e. The minimum absolute atomic E-state index is 0.107. The molecule has 0 heterocycles. The molecule has 0 aliphatic carbocycles. The molecule has 0 unspecified atom stereocenters. The number of alkyl carbamates (subject to hydrolysis) is 1.